The molecule has 0 aliphatic rings. The van der Waals surface area contributed by atoms with Crippen LogP contribution < -0.4 is 0 Å². The number of aliphatic hydroxyl groups excluding tert-OH is 1. The molecule has 0 saturated heterocycles. The molecular formula is C60H116O17P2. The molecule has 3 N–H and O–H groups in total. The highest BCUT2D eigenvalue weighted by Crippen LogP contribution is 2.45. The van der Waals surface area contributed by atoms with Crippen molar-refractivity contribution in [1.29, 1.82) is 0 Å². The van der Waals surface area contributed by atoms with Crippen molar-refractivity contribution >= 4 is 39.5 Å². The molecule has 0 bridgehead atoms. The fraction of sp³-hybridized carbons (Fsp3) is 0.933. The van der Waals surface area contributed by atoms with Crippen molar-refractivity contribution in [2.75, 3.05) is 39.6 Å². The van der Waals surface area contributed by atoms with Crippen molar-refractivity contribution in [2.24, 2.45) is 0 Å². The quantitative estimate of drug-likeness (QED) is 0.0222. The lowest BCUT2D eigenvalue weighted by Gasteiger charge is -2.21. The highest BCUT2D eigenvalue weighted by Gasteiger charge is 2.30. The van der Waals surface area contributed by atoms with Crippen LogP contribution in [-0.2, 0) is 65.4 Å². The Hall–Kier alpha value is -1.94. The molecule has 0 fully saturated rings. The lowest BCUT2D eigenvalue weighted by atomic mass is 10.0. The van der Waals surface area contributed by atoms with Gasteiger partial charge < -0.3 is 33.8 Å². The number of hydrogen-bond donors (Lipinski definition) is 3. The minimum atomic E-state index is -4.94. The Balaban J connectivity index is 5.17. The summed E-state index contributed by atoms with van der Waals surface area (Å²) in [6, 6.07) is 0. The zero-order valence-corrected chi connectivity index (χ0v) is 52.1. The fourth-order valence-corrected chi connectivity index (χ4v) is 10.5. The number of ether oxygens (including phenoxy) is 4. The van der Waals surface area contributed by atoms with E-state index in [1.807, 2.05) is 0 Å². The lowest BCUT2D eigenvalue weighted by molar-refractivity contribution is -0.161. The molecule has 0 rings (SSSR count). The van der Waals surface area contributed by atoms with E-state index in [0.29, 0.717) is 25.7 Å². The summed E-state index contributed by atoms with van der Waals surface area (Å²) in [5.41, 5.74) is 0. The SMILES string of the molecule is CCCCCCCCCCCCCCCCCC(=O)O[C@H](COC(=O)CCCCCCCCCCC)COP(=O)(O)OC[C@@H](O)COP(=O)(O)OC[C@@H](COC(=O)CCCCCCCCC)OC(=O)CCCCCCCCCC. The second-order valence-electron chi connectivity index (χ2n) is 21.7. The molecule has 0 radical (unpaired) electrons. The number of esters is 4. The van der Waals surface area contributed by atoms with Gasteiger partial charge in [-0.2, -0.15) is 0 Å². The Morgan fingerprint density at radius 2 is 0.506 bits per heavy atom. The molecule has 5 atom stereocenters. The van der Waals surface area contributed by atoms with Gasteiger partial charge in [0.25, 0.3) is 0 Å². The van der Waals surface area contributed by atoms with E-state index in [2.05, 4.69) is 27.7 Å². The first-order valence-corrected chi connectivity index (χ1v) is 34.8. The van der Waals surface area contributed by atoms with Crippen LogP contribution in [-0.4, -0.2) is 96.7 Å². The van der Waals surface area contributed by atoms with Crippen LogP contribution in [0.1, 0.15) is 304 Å². The van der Waals surface area contributed by atoms with Gasteiger partial charge in [-0.25, -0.2) is 9.13 Å². The molecule has 19 heteroatoms. The number of unbranched alkanes of at least 4 members (excludes halogenated alkanes) is 35. The summed E-state index contributed by atoms with van der Waals surface area (Å²) in [6.45, 7) is 4.79. The van der Waals surface area contributed by atoms with Gasteiger partial charge in [0, 0.05) is 25.7 Å². The van der Waals surface area contributed by atoms with Gasteiger partial charge in [0.1, 0.15) is 19.3 Å². The summed E-state index contributed by atoms with van der Waals surface area (Å²) in [7, 11) is -9.87. The maximum absolute atomic E-state index is 12.9. The average Bonchev–Trinajstić information content (AvgIpc) is 3.42. The lowest BCUT2D eigenvalue weighted by Crippen LogP contribution is -2.30. The van der Waals surface area contributed by atoms with Crippen LogP contribution in [0.25, 0.3) is 0 Å². The first-order chi connectivity index (χ1) is 38.2. The van der Waals surface area contributed by atoms with Gasteiger partial charge in [0.2, 0.25) is 0 Å². The van der Waals surface area contributed by atoms with Crippen molar-refractivity contribution in [1.82, 2.24) is 0 Å². The maximum Gasteiger partial charge on any atom is 0.472 e. The number of carbonyl (C=O) groups excluding carboxylic acids is 4. The normalized spacial score (nSPS) is 14.3. The molecule has 468 valence electrons. The molecule has 0 aromatic carbocycles. The first kappa shape index (κ1) is 77.1. The van der Waals surface area contributed by atoms with Gasteiger partial charge in [0.05, 0.1) is 26.4 Å². The van der Waals surface area contributed by atoms with Crippen molar-refractivity contribution in [3.63, 3.8) is 0 Å². The molecule has 17 nitrogen and oxygen atoms in total. The topological polar surface area (TPSA) is 237 Å². The van der Waals surface area contributed by atoms with Crippen molar-refractivity contribution < 1.29 is 80.2 Å². The molecule has 79 heavy (non-hydrogen) atoms. The van der Waals surface area contributed by atoms with Gasteiger partial charge in [0.15, 0.2) is 12.2 Å². The third-order valence-electron chi connectivity index (χ3n) is 13.9. The van der Waals surface area contributed by atoms with E-state index in [-0.39, 0.29) is 25.7 Å². The van der Waals surface area contributed by atoms with Crippen molar-refractivity contribution in [3.8, 4) is 0 Å². The second-order valence-corrected chi connectivity index (χ2v) is 24.6. The van der Waals surface area contributed by atoms with Crippen molar-refractivity contribution in [3.05, 3.63) is 0 Å². The number of phosphoric ester groups is 2. The summed E-state index contributed by atoms with van der Waals surface area (Å²) in [5.74, 6) is -2.14. The third kappa shape index (κ3) is 55.0. The molecule has 0 aromatic heterocycles. The van der Waals surface area contributed by atoms with E-state index in [1.165, 1.54) is 116 Å². The van der Waals surface area contributed by atoms with Crippen LogP contribution >= 0.6 is 15.6 Å². The molecule has 0 aromatic rings. The fourth-order valence-electron chi connectivity index (χ4n) is 8.93. The van der Waals surface area contributed by atoms with Crippen LogP contribution in [0.15, 0.2) is 0 Å². The molecular weight excluding hydrogens is 1050 g/mol. The summed E-state index contributed by atoms with van der Waals surface area (Å²) in [4.78, 5) is 71.8. The van der Waals surface area contributed by atoms with Crippen molar-refractivity contribution in [2.45, 2.75) is 322 Å². The molecule has 0 heterocycles. The van der Waals surface area contributed by atoms with Crippen LogP contribution in [0, 0.1) is 0 Å². The molecule has 0 aliphatic carbocycles. The van der Waals surface area contributed by atoms with E-state index in [4.69, 9.17) is 37.0 Å². The highest BCUT2D eigenvalue weighted by atomic mass is 31.2. The number of phosphoric acid groups is 2. The van der Waals surface area contributed by atoms with Gasteiger partial charge in [-0.3, -0.25) is 37.3 Å². The Bertz CT molecular complexity index is 1540. The van der Waals surface area contributed by atoms with Gasteiger partial charge in [-0.15, -0.1) is 0 Å². The standard InChI is InChI=1S/C60H116O17P2/c1-5-9-13-17-21-24-25-26-27-28-29-31-35-39-43-47-60(65)77-56(51-71-58(63)45-41-37-34-30-22-18-14-10-6-2)53-75-79(68,69)73-49-54(61)48-72-78(66,67)74-52-55(50-70-57(62)44-40-36-32-20-16-12-8-4)76-59(64)46-42-38-33-23-19-15-11-7-3/h54-56,61H,5-53H2,1-4H3,(H,66,67)(H,68,69)/t54-,55+,56+/m0/s1. The average molecular weight is 1170 g/mol. The van der Waals surface area contributed by atoms with E-state index in [1.54, 1.807) is 0 Å². The molecule has 2 unspecified atom stereocenters. The largest absolute Gasteiger partial charge is 0.472 e. The Morgan fingerprint density at radius 1 is 0.304 bits per heavy atom. The third-order valence-corrected chi connectivity index (χ3v) is 15.8. The van der Waals surface area contributed by atoms with Gasteiger partial charge in [-0.1, -0.05) is 252 Å². The van der Waals surface area contributed by atoms with Crippen LogP contribution in [0.5, 0.6) is 0 Å². The van der Waals surface area contributed by atoms with Gasteiger partial charge in [-0.05, 0) is 25.7 Å². The molecule has 0 spiro atoms. The van der Waals surface area contributed by atoms with Crippen LogP contribution in [0.4, 0.5) is 0 Å². The molecule has 0 aliphatic heterocycles. The maximum atomic E-state index is 12.9. The Morgan fingerprint density at radius 3 is 0.747 bits per heavy atom. The van der Waals surface area contributed by atoms with Gasteiger partial charge >= 0.3 is 39.5 Å². The summed E-state index contributed by atoms with van der Waals surface area (Å²) in [5, 5.41) is 10.5. The predicted octanol–water partition coefficient (Wildman–Crippen LogP) is 16.4. The number of carbonyl (C=O) groups is 4. The smallest absolute Gasteiger partial charge is 0.462 e. The minimum absolute atomic E-state index is 0.105. The van der Waals surface area contributed by atoms with E-state index < -0.39 is 97.5 Å². The van der Waals surface area contributed by atoms with E-state index in [9.17, 15) is 43.2 Å². The number of aliphatic hydroxyl groups is 1. The predicted molar refractivity (Wildman–Crippen MR) is 312 cm³/mol. The minimum Gasteiger partial charge on any atom is -0.462 e. The van der Waals surface area contributed by atoms with E-state index in [0.717, 1.165) is 109 Å². The zero-order valence-electron chi connectivity index (χ0n) is 50.3. The first-order valence-electron chi connectivity index (χ1n) is 31.8. The highest BCUT2D eigenvalue weighted by molar-refractivity contribution is 7.47. The summed E-state index contributed by atoms with van der Waals surface area (Å²) >= 11 is 0. The Kier molecular flexibility index (Phi) is 53.9. The second kappa shape index (κ2) is 55.3. The zero-order chi connectivity index (χ0) is 58.3. The van der Waals surface area contributed by atoms with Crippen LogP contribution in [0.3, 0.4) is 0 Å². The summed E-state index contributed by atoms with van der Waals surface area (Å²) < 4.78 is 67.6. The Labute approximate surface area is 479 Å². The number of hydrogen-bond acceptors (Lipinski definition) is 15. The van der Waals surface area contributed by atoms with Crippen LogP contribution in [0.2, 0.25) is 0 Å². The molecule has 0 amide bonds. The van der Waals surface area contributed by atoms with E-state index >= 15 is 0 Å². The molecule has 0 saturated carbocycles. The number of rotatable bonds is 61. The summed E-state index contributed by atoms with van der Waals surface area (Å²) in [6.07, 6.45) is 39.1. The monoisotopic (exact) mass is 1170 g/mol.